The van der Waals surface area contributed by atoms with E-state index in [9.17, 15) is 4.79 Å². The van der Waals surface area contributed by atoms with Gasteiger partial charge in [-0.05, 0) is 30.5 Å². The summed E-state index contributed by atoms with van der Waals surface area (Å²) in [5.74, 6) is 0.955. The number of hydrogen-bond acceptors (Lipinski definition) is 4. The first-order chi connectivity index (χ1) is 9.54. The van der Waals surface area contributed by atoms with Gasteiger partial charge in [0.05, 0.1) is 12.7 Å². The van der Waals surface area contributed by atoms with Crippen LogP contribution in [0, 0.1) is 5.92 Å². The van der Waals surface area contributed by atoms with Crippen LogP contribution in [0.4, 0.5) is 5.69 Å². The number of amides is 1. The maximum absolute atomic E-state index is 12.0. The molecule has 0 fully saturated rings. The summed E-state index contributed by atoms with van der Waals surface area (Å²) >= 11 is 0. The van der Waals surface area contributed by atoms with Crippen molar-refractivity contribution in [2.75, 3.05) is 32.6 Å². The number of nitrogens with two attached hydrogens (primary N) is 1. The lowest BCUT2D eigenvalue weighted by atomic mass is 10.1. The van der Waals surface area contributed by atoms with Crippen LogP contribution in [0.2, 0.25) is 0 Å². The number of methoxy groups -OCH3 is 1. The van der Waals surface area contributed by atoms with Gasteiger partial charge in [0, 0.05) is 25.4 Å². The smallest absolute Gasteiger partial charge is 0.253 e. The second-order valence-electron chi connectivity index (χ2n) is 5.03. The number of ether oxygens (including phenoxy) is 2. The van der Waals surface area contributed by atoms with Crippen molar-refractivity contribution in [1.82, 2.24) is 5.32 Å². The highest BCUT2D eigenvalue weighted by Crippen LogP contribution is 2.19. The van der Waals surface area contributed by atoms with Crippen molar-refractivity contribution < 1.29 is 14.3 Å². The molecule has 0 radical (unpaired) electrons. The molecule has 0 heterocycles. The fourth-order valence-corrected chi connectivity index (χ4v) is 1.65. The summed E-state index contributed by atoms with van der Waals surface area (Å²) in [6, 6.07) is 5.03. The Morgan fingerprint density at radius 3 is 2.80 bits per heavy atom. The lowest BCUT2D eigenvalue weighted by Crippen LogP contribution is -2.26. The highest BCUT2D eigenvalue weighted by Gasteiger charge is 2.10. The topological polar surface area (TPSA) is 73.6 Å². The maximum Gasteiger partial charge on any atom is 0.253 e. The molecule has 0 aliphatic rings. The molecule has 0 saturated heterocycles. The molecule has 1 rings (SSSR count). The second kappa shape index (κ2) is 8.43. The van der Waals surface area contributed by atoms with E-state index >= 15 is 0 Å². The fraction of sp³-hybridized carbons (Fsp3) is 0.533. The van der Waals surface area contributed by atoms with Gasteiger partial charge in [0.2, 0.25) is 0 Å². The first kappa shape index (κ1) is 16.3. The van der Waals surface area contributed by atoms with Crippen LogP contribution in [0.5, 0.6) is 5.75 Å². The number of anilines is 1. The molecule has 0 bridgehead atoms. The molecule has 0 aromatic heterocycles. The zero-order valence-corrected chi connectivity index (χ0v) is 12.4. The number of nitrogens with one attached hydrogen (secondary N) is 1. The van der Waals surface area contributed by atoms with Crippen molar-refractivity contribution in [3.63, 3.8) is 0 Å². The standard InChI is InChI=1S/C15H24N2O3/c1-11(2)10-20-8-4-7-17-15(18)13-9-12(19-3)5-6-14(13)16/h5-6,9,11H,4,7-8,10,16H2,1-3H3,(H,17,18). The monoisotopic (exact) mass is 280 g/mol. The molecular weight excluding hydrogens is 256 g/mol. The van der Waals surface area contributed by atoms with E-state index in [1.165, 1.54) is 0 Å². The maximum atomic E-state index is 12.0. The van der Waals surface area contributed by atoms with Crippen LogP contribution in [0.15, 0.2) is 18.2 Å². The van der Waals surface area contributed by atoms with Gasteiger partial charge in [-0.3, -0.25) is 4.79 Å². The van der Waals surface area contributed by atoms with Crippen molar-refractivity contribution in [1.29, 1.82) is 0 Å². The van der Waals surface area contributed by atoms with E-state index in [0.717, 1.165) is 13.0 Å². The predicted molar refractivity (Wildman–Crippen MR) is 80.0 cm³/mol. The minimum atomic E-state index is -0.190. The van der Waals surface area contributed by atoms with Crippen LogP contribution in [0.3, 0.4) is 0 Å². The van der Waals surface area contributed by atoms with E-state index in [2.05, 4.69) is 19.2 Å². The van der Waals surface area contributed by atoms with Gasteiger partial charge in [-0.15, -0.1) is 0 Å². The average molecular weight is 280 g/mol. The number of rotatable bonds is 8. The molecule has 1 aromatic carbocycles. The van der Waals surface area contributed by atoms with Crippen LogP contribution in [0.1, 0.15) is 30.6 Å². The number of carbonyl (C=O) groups excluding carboxylic acids is 1. The van der Waals surface area contributed by atoms with E-state index in [1.54, 1.807) is 25.3 Å². The quantitative estimate of drug-likeness (QED) is 0.565. The van der Waals surface area contributed by atoms with Crippen LogP contribution in [-0.2, 0) is 4.74 Å². The second-order valence-corrected chi connectivity index (χ2v) is 5.03. The Bertz CT molecular complexity index is 433. The Labute approximate surface area is 120 Å². The van der Waals surface area contributed by atoms with Crippen LogP contribution < -0.4 is 15.8 Å². The highest BCUT2D eigenvalue weighted by molar-refractivity contribution is 5.99. The Morgan fingerprint density at radius 2 is 2.15 bits per heavy atom. The van der Waals surface area contributed by atoms with Gasteiger partial charge in [-0.2, -0.15) is 0 Å². The van der Waals surface area contributed by atoms with Gasteiger partial charge in [0.15, 0.2) is 0 Å². The van der Waals surface area contributed by atoms with E-state index in [1.807, 2.05) is 0 Å². The summed E-state index contributed by atoms with van der Waals surface area (Å²) in [4.78, 5) is 12.0. The zero-order valence-electron chi connectivity index (χ0n) is 12.4. The van der Waals surface area contributed by atoms with E-state index in [4.69, 9.17) is 15.2 Å². The van der Waals surface area contributed by atoms with E-state index < -0.39 is 0 Å². The molecule has 0 aliphatic heterocycles. The van der Waals surface area contributed by atoms with E-state index in [-0.39, 0.29) is 5.91 Å². The molecule has 0 unspecified atom stereocenters. The summed E-state index contributed by atoms with van der Waals surface area (Å²) in [5, 5.41) is 2.82. The van der Waals surface area contributed by atoms with Gasteiger partial charge >= 0.3 is 0 Å². The summed E-state index contributed by atoms with van der Waals surface area (Å²) < 4.78 is 10.5. The molecule has 112 valence electrons. The number of nitrogen functional groups attached to an aromatic ring is 1. The summed E-state index contributed by atoms with van der Waals surface area (Å²) in [6.07, 6.45) is 0.780. The molecule has 0 spiro atoms. The van der Waals surface area contributed by atoms with Crippen molar-refractivity contribution >= 4 is 11.6 Å². The SMILES string of the molecule is COc1ccc(N)c(C(=O)NCCCOCC(C)C)c1. The van der Waals surface area contributed by atoms with Crippen LogP contribution in [0.25, 0.3) is 0 Å². The normalized spacial score (nSPS) is 10.6. The van der Waals surface area contributed by atoms with Crippen molar-refractivity contribution in [3.05, 3.63) is 23.8 Å². The molecule has 5 heteroatoms. The zero-order chi connectivity index (χ0) is 15.0. The molecule has 0 aliphatic carbocycles. The molecule has 1 amide bonds. The van der Waals surface area contributed by atoms with Gasteiger partial charge in [0.1, 0.15) is 5.75 Å². The van der Waals surface area contributed by atoms with Gasteiger partial charge in [-0.25, -0.2) is 0 Å². The third kappa shape index (κ3) is 5.48. The third-order valence-electron chi connectivity index (χ3n) is 2.71. The summed E-state index contributed by atoms with van der Waals surface area (Å²) in [5.41, 5.74) is 6.67. The lowest BCUT2D eigenvalue weighted by molar-refractivity contribution is 0.0925. The predicted octanol–water partition coefficient (Wildman–Crippen LogP) is 2.07. The first-order valence-electron chi connectivity index (χ1n) is 6.84. The minimum Gasteiger partial charge on any atom is -0.497 e. The summed E-state index contributed by atoms with van der Waals surface area (Å²) in [6.45, 7) is 6.16. The van der Waals surface area contributed by atoms with Crippen molar-refractivity contribution in [3.8, 4) is 5.75 Å². The Hall–Kier alpha value is -1.75. The first-order valence-corrected chi connectivity index (χ1v) is 6.84. The number of hydrogen-bond donors (Lipinski definition) is 2. The fourth-order valence-electron chi connectivity index (χ4n) is 1.65. The molecular formula is C15H24N2O3. The molecule has 20 heavy (non-hydrogen) atoms. The molecule has 0 atom stereocenters. The lowest BCUT2D eigenvalue weighted by Gasteiger charge is -2.10. The third-order valence-corrected chi connectivity index (χ3v) is 2.71. The molecule has 1 aromatic rings. The average Bonchev–Trinajstić information content (AvgIpc) is 2.42. The minimum absolute atomic E-state index is 0.190. The van der Waals surface area contributed by atoms with Crippen molar-refractivity contribution in [2.45, 2.75) is 20.3 Å². The van der Waals surface area contributed by atoms with Gasteiger partial charge in [0.25, 0.3) is 5.91 Å². The van der Waals surface area contributed by atoms with E-state index in [0.29, 0.717) is 36.1 Å². The van der Waals surface area contributed by atoms with Crippen molar-refractivity contribution in [2.24, 2.45) is 5.92 Å². The summed E-state index contributed by atoms with van der Waals surface area (Å²) in [7, 11) is 1.55. The molecule has 0 saturated carbocycles. The number of carbonyl (C=O) groups is 1. The van der Waals surface area contributed by atoms with Gasteiger partial charge in [-0.1, -0.05) is 13.8 Å². The van der Waals surface area contributed by atoms with Gasteiger partial charge < -0.3 is 20.5 Å². The largest absolute Gasteiger partial charge is 0.497 e. The van der Waals surface area contributed by atoms with Crippen LogP contribution >= 0.6 is 0 Å². The Morgan fingerprint density at radius 1 is 1.40 bits per heavy atom. The molecule has 5 nitrogen and oxygen atoms in total. The Kier molecular flexibility index (Phi) is 6.87. The Balaban J connectivity index is 2.36. The number of benzene rings is 1. The highest BCUT2D eigenvalue weighted by atomic mass is 16.5. The van der Waals surface area contributed by atoms with Crippen LogP contribution in [-0.4, -0.2) is 32.8 Å². The molecule has 3 N–H and O–H groups in total.